The van der Waals surface area contributed by atoms with Gasteiger partial charge in [-0.3, -0.25) is 0 Å². The molecule has 66 heavy (non-hydrogen) atoms. The second-order valence-electron chi connectivity index (χ2n) is 17.9. The SMILES string of the molecule is C1=CC2c3ccccc3N(c3ccc4oc5c(ccc6c7cc(-c8ccc9oc%10c(ccc%11c%12cc(-n%13c%14ccccc%14c%14ccccc%14%13)ccc%12oc%11%10)c9c8)ccc7oc65)c4c3)C2C=C1. The highest BCUT2D eigenvalue weighted by atomic mass is 16.4. The molecule has 2 aliphatic rings. The Morgan fingerprint density at radius 2 is 0.803 bits per heavy atom. The van der Waals surface area contributed by atoms with E-state index >= 15 is 0 Å². The number of nitrogens with zero attached hydrogens (tertiary/aromatic N) is 2. The predicted octanol–water partition coefficient (Wildman–Crippen LogP) is 16.8. The molecule has 0 saturated carbocycles. The molecule has 308 valence electrons. The van der Waals surface area contributed by atoms with Gasteiger partial charge in [0.05, 0.1) is 17.1 Å². The second kappa shape index (κ2) is 12.5. The number of para-hydroxylation sites is 3. The third-order valence-corrected chi connectivity index (χ3v) is 14.5. The summed E-state index contributed by atoms with van der Waals surface area (Å²) in [5.74, 6) is 0.326. The predicted molar refractivity (Wildman–Crippen MR) is 269 cm³/mol. The summed E-state index contributed by atoms with van der Waals surface area (Å²) in [6.45, 7) is 0. The van der Waals surface area contributed by atoms with Crippen molar-refractivity contribution in [3.05, 3.63) is 200 Å². The lowest BCUT2D eigenvalue weighted by Gasteiger charge is -2.28. The van der Waals surface area contributed by atoms with Crippen molar-refractivity contribution < 1.29 is 17.7 Å². The number of hydrogen-bond donors (Lipinski definition) is 0. The smallest absolute Gasteiger partial charge is 0.178 e. The van der Waals surface area contributed by atoms with Gasteiger partial charge < -0.3 is 27.1 Å². The average Bonchev–Trinajstić information content (AvgIpc) is 4.22. The molecule has 5 aromatic heterocycles. The Morgan fingerprint density at radius 1 is 0.348 bits per heavy atom. The van der Waals surface area contributed by atoms with Crippen molar-refractivity contribution in [1.82, 2.24) is 4.57 Å². The zero-order valence-electron chi connectivity index (χ0n) is 35.2. The van der Waals surface area contributed by atoms with Crippen LogP contribution in [-0.2, 0) is 0 Å². The minimum Gasteiger partial charge on any atom is -0.452 e. The first-order chi connectivity index (χ1) is 32.7. The molecule has 6 heterocycles. The van der Waals surface area contributed by atoms with Gasteiger partial charge in [0.25, 0.3) is 0 Å². The molecule has 1 aliphatic carbocycles. The van der Waals surface area contributed by atoms with Crippen molar-refractivity contribution in [2.24, 2.45) is 0 Å². The van der Waals surface area contributed by atoms with Crippen LogP contribution in [0.15, 0.2) is 212 Å². The Hall–Kier alpha value is -8.74. The zero-order valence-corrected chi connectivity index (χ0v) is 35.2. The number of benzene rings is 9. The Labute approximate surface area is 375 Å². The van der Waals surface area contributed by atoms with Crippen molar-refractivity contribution in [2.75, 3.05) is 4.90 Å². The molecule has 0 spiro atoms. The van der Waals surface area contributed by atoms with Gasteiger partial charge in [-0.25, -0.2) is 0 Å². The fourth-order valence-corrected chi connectivity index (χ4v) is 11.6. The highest BCUT2D eigenvalue weighted by Crippen LogP contribution is 2.49. The molecule has 1 aliphatic heterocycles. The summed E-state index contributed by atoms with van der Waals surface area (Å²) in [6, 6.07) is 60.8. The van der Waals surface area contributed by atoms with Gasteiger partial charge in [0, 0.05) is 76.8 Å². The monoisotopic (exact) mass is 846 g/mol. The van der Waals surface area contributed by atoms with Crippen LogP contribution in [0.3, 0.4) is 0 Å². The molecule has 0 bridgehead atoms. The Morgan fingerprint density at radius 3 is 1.38 bits per heavy atom. The maximum atomic E-state index is 6.63. The van der Waals surface area contributed by atoms with Crippen LogP contribution >= 0.6 is 0 Å². The van der Waals surface area contributed by atoms with Gasteiger partial charge in [0.1, 0.15) is 22.3 Å². The standard InChI is InChI=1S/C60H34N2O4/c1-5-13-49-37(9-1)38-10-2-6-14-50(38)61(49)35-19-27-55-47(31-35)43-23-21-41-45-29-33(17-25-53(45)63-57(41)59(43)65-55)34-18-26-54-46(30-34)42-22-24-44-48-32-36(20-28-56(48)66-60(44)58(42)64-54)62-51-15-7-3-11-39(51)40-12-4-8-16-52(40)62/h1-32,37,49H. The second-order valence-corrected chi connectivity index (χ2v) is 17.9. The third-order valence-electron chi connectivity index (χ3n) is 14.5. The molecular formula is C60H34N2O4. The Balaban J connectivity index is 0.783. The molecule has 9 aromatic carbocycles. The molecule has 0 fully saturated rings. The molecule has 6 nitrogen and oxygen atoms in total. The quantitative estimate of drug-likeness (QED) is 0.177. The van der Waals surface area contributed by atoms with E-state index in [9.17, 15) is 0 Å². The van der Waals surface area contributed by atoms with Gasteiger partial charge in [-0.2, -0.15) is 0 Å². The fraction of sp³-hybridized carbons (Fsp3) is 0.0333. The summed E-state index contributed by atoms with van der Waals surface area (Å²) in [7, 11) is 0. The van der Waals surface area contributed by atoms with E-state index in [2.05, 4.69) is 204 Å². The molecular weight excluding hydrogens is 813 g/mol. The van der Waals surface area contributed by atoms with Crippen LogP contribution in [0.1, 0.15) is 11.5 Å². The van der Waals surface area contributed by atoms with Crippen LogP contribution in [0.5, 0.6) is 0 Å². The lowest BCUT2D eigenvalue weighted by molar-refractivity contribution is 0.633. The van der Waals surface area contributed by atoms with E-state index < -0.39 is 0 Å². The van der Waals surface area contributed by atoms with Crippen molar-refractivity contribution in [3.63, 3.8) is 0 Å². The summed E-state index contributed by atoms with van der Waals surface area (Å²) in [5, 5.41) is 10.8. The fourth-order valence-electron chi connectivity index (χ4n) is 11.6. The summed E-state index contributed by atoms with van der Waals surface area (Å²) >= 11 is 0. The molecule has 2 atom stereocenters. The van der Waals surface area contributed by atoms with Gasteiger partial charge in [-0.1, -0.05) is 91.0 Å². The first kappa shape index (κ1) is 34.7. The number of furan rings is 4. The van der Waals surface area contributed by atoms with E-state index in [-0.39, 0.29) is 6.04 Å². The van der Waals surface area contributed by atoms with E-state index in [4.69, 9.17) is 17.7 Å². The highest BCUT2D eigenvalue weighted by molar-refractivity contribution is 6.21. The van der Waals surface area contributed by atoms with E-state index in [1.165, 1.54) is 33.1 Å². The van der Waals surface area contributed by atoms with Gasteiger partial charge >= 0.3 is 0 Å². The lowest BCUT2D eigenvalue weighted by atomic mass is 9.91. The van der Waals surface area contributed by atoms with Crippen molar-refractivity contribution >= 4 is 121 Å². The van der Waals surface area contributed by atoms with Crippen molar-refractivity contribution in [3.8, 4) is 16.8 Å². The number of hydrogen-bond acceptors (Lipinski definition) is 5. The molecule has 0 amide bonds. The van der Waals surface area contributed by atoms with E-state index in [0.717, 1.165) is 110 Å². The summed E-state index contributed by atoms with van der Waals surface area (Å²) in [4.78, 5) is 2.46. The van der Waals surface area contributed by atoms with Gasteiger partial charge in [0.15, 0.2) is 22.3 Å². The number of fused-ring (bicyclic) bond motifs is 20. The van der Waals surface area contributed by atoms with Crippen LogP contribution in [0.2, 0.25) is 0 Å². The Bertz CT molecular complexity index is 4450. The summed E-state index contributed by atoms with van der Waals surface area (Å²) in [6.07, 6.45) is 8.96. The van der Waals surface area contributed by atoms with Gasteiger partial charge in [0.2, 0.25) is 0 Å². The number of aromatic nitrogens is 1. The molecule has 6 heteroatoms. The first-order valence-corrected chi connectivity index (χ1v) is 22.6. The average molecular weight is 847 g/mol. The van der Waals surface area contributed by atoms with Crippen LogP contribution in [-0.4, -0.2) is 10.6 Å². The van der Waals surface area contributed by atoms with Crippen LogP contribution in [0.25, 0.3) is 126 Å². The van der Waals surface area contributed by atoms with Crippen LogP contribution in [0.4, 0.5) is 11.4 Å². The van der Waals surface area contributed by atoms with Crippen molar-refractivity contribution in [2.45, 2.75) is 12.0 Å². The van der Waals surface area contributed by atoms with E-state index in [1.54, 1.807) is 0 Å². The number of rotatable bonds is 3. The molecule has 0 saturated heterocycles. The highest BCUT2D eigenvalue weighted by Gasteiger charge is 2.37. The molecule has 2 unspecified atom stereocenters. The number of anilines is 2. The lowest BCUT2D eigenvalue weighted by Crippen LogP contribution is -2.28. The Kier molecular flexibility index (Phi) is 6.57. The van der Waals surface area contributed by atoms with Crippen LogP contribution in [0, 0.1) is 0 Å². The van der Waals surface area contributed by atoms with Gasteiger partial charge in [-0.05, 0) is 120 Å². The summed E-state index contributed by atoms with van der Waals surface area (Å²) < 4.78 is 28.9. The first-order valence-electron chi connectivity index (χ1n) is 22.6. The molecule has 14 aromatic rings. The number of allylic oxidation sites excluding steroid dienone is 2. The molecule has 0 N–H and O–H groups in total. The zero-order chi connectivity index (χ0) is 42.8. The summed E-state index contributed by atoms with van der Waals surface area (Å²) in [5.41, 5.74) is 15.7. The van der Waals surface area contributed by atoms with Gasteiger partial charge in [-0.15, -0.1) is 0 Å². The maximum absolute atomic E-state index is 6.63. The maximum Gasteiger partial charge on any atom is 0.178 e. The van der Waals surface area contributed by atoms with Crippen molar-refractivity contribution in [1.29, 1.82) is 0 Å². The third kappa shape index (κ3) is 4.54. The minimum absolute atomic E-state index is 0.230. The van der Waals surface area contributed by atoms with E-state index in [1.807, 2.05) is 0 Å². The minimum atomic E-state index is 0.230. The normalized spacial score (nSPS) is 16.0. The largest absolute Gasteiger partial charge is 0.452 e. The molecule has 16 rings (SSSR count). The molecule has 0 radical (unpaired) electrons. The topological polar surface area (TPSA) is 60.7 Å². The van der Waals surface area contributed by atoms with Crippen LogP contribution < -0.4 is 4.90 Å². The van der Waals surface area contributed by atoms with E-state index in [0.29, 0.717) is 5.92 Å².